The Bertz CT molecular complexity index is 890. The summed E-state index contributed by atoms with van der Waals surface area (Å²) < 4.78 is 0. The number of rotatable bonds is 2. The molecule has 4 nitrogen and oxygen atoms in total. The molecule has 0 N–H and O–H groups in total. The average Bonchev–Trinajstić information content (AvgIpc) is 3.01. The van der Waals surface area contributed by atoms with Crippen LogP contribution in [-0.2, 0) is 4.79 Å². The smallest absolute Gasteiger partial charge is 0.227 e. The van der Waals surface area contributed by atoms with Gasteiger partial charge in [-0.25, -0.2) is 4.98 Å². The molecule has 0 bridgehead atoms. The van der Waals surface area contributed by atoms with Crippen molar-refractivity contribution in [3.05, 3.63) is 54.4 Å². The summed E-state index contributed by atoms with van der Waals surface area (Å²) >= 11 is 0. The molecule has 1 aromatic carbocycles. The molecule has 0 saturated carbocycles. The maximum Gasteiger partial charge on any atom is 0.227 e. The molecule has 0 unspecified atom stereocenters. The van der Waals surface area contributed by atoms with Gasteiger partial charge in [0.2, 0.25) is 5.91 Å². The lowest BCUT2D eigenvalue weighted by molar-refractivity contribution is -0.117. The summed E-state index contributed by atoms with van der Waals surface area (Å²) in [5.41, 5.74) is 5.00. The van der Waals surface area contributed by atoms with Crippen molar-refractivity contribution >= 4 is 22.5 Å². The summed E-state index contributed by atoms with van der Waals surface area (Å²) in [6.45, 7) is 2.89. The van der Waals surface area contributed by atoms with Gasteiger partial charge >= 0.3 is 0 Å². The van der Waals surface area contributed by atoms with Crippen LogP contribution in [0.5, 0.6) is 0 Å². The second-order valence-corrected chi connectivity index (χ2v) is 5.92. The summed E-state index contributed by atoms with van der Waals surface area (Å²) in [6, 6.07) is 12.1. The quantitative estimate of drug-likeness (QED) is 0.724. The number of anilines is 1. The first-order chi connectivity index (χ1) is 11.2. The van der Waals surface area contributed by atoms with E-state index in [1.165, 1.54) is 0 Å². The van der Waals surface area contributed by atoms with Crippen molar-refractivity contribution in [2.75, 3.05) is 11.4 Å². The van der Waals surface area contributed by atoms with Crippen LogP contribution >= 0.6 is 0 Å². The van der Waals surface area contributed by atoms with Crippen LogP contribution in [0, 0.1) is 6.92 Å². The van der Waals surface area contributed by atoms with Gasteiger partial charge in [0.1, 0.15) is 0 Å². The highest BCUT2D eigenvalue weighted by Crippen LogP contribution is 2.29. The second-order valence-electron chi connectivity index (χ2n) is 5.92. The predicted molar refractivity (Wildman–Crippen MR) is 91.3 cm³/mol. The van der Waals surface area contributed by atoms with Gasteiger partial charge in [0.05, 0.1) is 11.2 Å². The van der Waals surface area contributed by atoms with Gasteiger partial charge in [-0.1, -0.05) is 0 Å². The first-order valence-electron chi connectivity index (χ1n) is 7.84. The van der Waals surface area contributed by atoms with Gasteiger partial charge in [0.25, 0.3) is 0 Å². The van der Waals surface area contributed by atoms with Crippen molar-refractivity contribution in [1.82, 2.24) is 9.97 Å². The zero-order valence-corrected chi connectivity index (χ0v) is 13.0. The number of nitrogens with zero attached hydrogens (tertiary/aromatic N) is 3. The Morgan fingerprint density at radius 3 is 2.83 bits per heavy atom. The van der Waals surface area contributed by atoms with E-state index in [1.807, 2.05) is 35.4 Å². The van der Waals surface area contributed by atoms with Crippen LogP contribution in [0.25, 0.3) is 22.2 Å². The van der Waals surface area contributed by atoms with Crippen molar-refractivity contribution in [2.45, 2.75) is 19.8 Å². The maximum atomic E-state index is 11.9. The van der Waals surface area contributed by atoms with Gasteiger partial charge in [-0.3, -0.25) is 9.78 Å². The molecule has 0 spiro atoms. The highest BCUT2D eigenvalue weighted by atomic mass is 16.2. The van der Waals surface area contributed by atoms with Gasteiger partial charge < -0.3 is 4.90 Å². The van der Waals surface area contributed by atoms with E-state index >= 15 is 0 Å². The Morgan fingerprint density at radius 2 is 2.09 bits per heavy atom. The van der Waals surface area contributed by atoms with Gasteiger partial charge in [-0.15, -0.1) is 0 Å². The zero-order valence-electron chi connectivity index (χ0n) is 13.0. The van der Waals surface area contributed by atoms with E-state index in [0.717, 1.165) is 46.4 Å². The average molecular weight is 303 g/mol. The standard InChI is InChI=1S/C19H17N3O/c1-13-10-18(14-4-2-8-20-12-14)21-17-7-6-15(11-16(13)17)22-9-3-5-19(22)23/h2,4,6-8,10-12H,3,5,9H2,1H3. The molecule has 0 radical (unpaired) electrons. The van der Waals surface area contributed by atoms with Crippen molar-refractivity contribution in [2.24, 2.45) is 0 Å². The number of hydrogen-bond acceptors (Lipinski definition) is 3. The Labute approximate surface area is 134 Å². The molecule has 3 heterocycles. The lowest BCUT2D eigenvalue weighted by Gasteiger charge is -2.17. The molecule has 0 aliphatic carbocycles. The fourth-order valence-corrected chi connectivity index (χ4v) is 3.13. The molecule has 0 atom stereocenters. The van der Waals surface area contributed by atoms with E-state index in [2.05, 4.69) is 24.0 Å². The fraction of sp³-hybridized carbons (Fsp3) is 0.211. The minimum atomic E-state index is 0.210. The van der Waals surface area contributed by atoms with Gasteiger partial charge in [0.15, 0.2) is 0 Å². The number of hydrogen-bond donors (Lipinski definition) is 0. The van der Waals surface area contributed by atoms with Gasteiger partial charge in [0, 0.05) is 42.0 Å². The van der Waals surface area contributed by atoms with E-state index in [9.17, 15) is 4.79 Å². The van der Waals surface area contributed by atoms with Gasteiger partial charge in [-0.05, 0) is 55.3 Å². The molecule has 1 fully saturated rings. The Morgan fingerprint density at radius 1 is 1.17 bits per heavy atom. The highest BCUT2D eigenvalue weighted by molar-refractivity contribution is 5.98. The minimum Gasteiger partial charge on any atom is -0.312 e. The lowest BCUT2D eigenvalue weighted by Crippen LogP contribution is -2.23. The third-order valence-electron chi connectivity index (χ3n) is 4.34. The molecule has 4 rings (SSSR count). The number of fused-ring (bicyclic) bond motifs is 1. The van der Waals surface area contributed by atoms with Crippen LogP contribution in [0.3, 0.4) is 0 Å². The summed E-state index contributed by atoms with van der Waals surface area (Å²) in [7, 11) is 0. The predicted octanol–water partition coefficient (Wildman–Crippen LogP) is 3.73. The first-order valence-corrected chi connectivity index (χ1v) is 7.84. The van der Waals surface area contributed by atoms with Crippen LogP contribution < -0.4 is 4.90 Å². The number of benzene rings is 1. The van der Waals surface area contributed by atoms with Crippen LogP contribution in [0.2, 0.25) is 0 Å². The number of carbonyl (C=O) groups is 1. The maximum absolute atomic E-state index is 11.9. The molecule has 23 heavy (non-hydrogen) atoms. The molecule has 1 aliphatic heterocycles. The van der Waals surface area contributed by atoms with E-state index in [0.29, 0.717) is 6.42 Å². The van der Waals surface area contributed by atoms with E-state index in [1.54, 1.807) is 6.20 Å². The minimum absolute atomic E-state index is 0.210. The van der Waals surface area contributed by atoms with Gasteiger partial charge in [-0.2, -0.15) is 0 Å². The largest absolute Gasteiger partial charge is 0.312 e. The SMILES string of the molecule is Cc1cc(-c2cccnc2)nc2ccc(N3CCCC3=O)cc12. The van der Waals surface area contributed by atoms with E-state index < -0.39 is 0 Å². The Kier molecular flexibility index (Phi) is 3.30. The number of aryl methyl sites for hydroxylation is 1. The fourth-order valence-electron chi connectivity index (χ4n) is 3.13. The number of carbonyl (C=O) groups excluding carboxylic acids is 1. The van der Waals surface area contributed by atoms with Crippen molar-refractivity contribution in [1.29, 1.82) is 0 Å². The van der Waals surface area contributed by atoms with E-state index in [-0.39, 0.29) is 5.91 Å². The normalized spacial score (nSPS) is 14.7. The highest BCUT2D eigenvalue weighted by Gasteiger charge is 2.22. The number of amides is 1. The summed E-state index contributed by atoms with van der Waals surface area (Å²) in [4.78, 5) is 22.7. The van der Waals surface area contributed by atoms with Crippen LogP contribution in [0.4, 0.5) is 5.69 Å². The summed E-state index contributed by atoms with van der Waals surface area (Å²) in [5, 5.41) is 1.09. The molecule has 114 valence electrons. The molecule has 1 aliphatic rings. The topological polar surface area (TPSA) is 46.1 Å². The van der Waals surface area contributed by atoms with E-state index in [4.69, 9.17) is 4.98 Å². The molecule has 1 amide bonds. The second kappa shape index (κ2) is 5.47. The van der Waals surface area contributed by atoms with Crippen LogP contribution in [0.15, 0.2) is 48.8 Å². The monoisotopic (exact) mass is 303 g/mol. The molecule has 3 aromatic rings. The van der Waals surface area contributed by atoms with Crippen molar-refractivity contribution in [3.8, 4) is 11.3 Å². The zero-order chi connectivity index (χ0) is 15.8. The Hall–Kier alpha value is -2.75. The molecule has 1 saturated heterocycles. The van der Waals surface area contributed by atoms with Crippen LogP contribution in [0.1, 0.15) is 18.4 Å². The third kappa shape index (κ3) is 2.46. The van der Waals surface area contributed by atoms with Crippen molar-refractivity contribution in [3.63, 3.8) is 0 Å². The van der Waals surface area contributed by atoms with Crippen LogP contribution in [-0.4, -0.2) is 22.4 Å². The summed E-state index contributed by atoms with van der Waals surface area (Å²) in [6.07, 6.45) is 5.17. The number of pyridine rings is 2. The lowest BCUT2D eigenvalue weighted by atomic mass is 10.1. The molecular formula is C19H17N3O. The molecule has 2 aromatic heterocycles. The first kappa shape index (κ1) is 13.9. The number of aromatic nitrogens is 2. The summed E-state index contributed by atoms with van der Waals surface area (Å²) in [5.74, 6) is 0.210. The molecular weight excluding hydrogens is 286 g/mol. The molecule has 4 heteroatoms. The third-order valence-corrected chi connectivity index (χ3v) is 4.34. The Balaban J connectivity index is 1.81. The van der Waals surface area contributed by atoms with Crippen molar-refractivity contribution < 1.29 is 4.79 Å².